The Bertz CT molecular complexity index is 599. The summed E-state index contributed by atoms with van der Waals surface area (Å²) in [5, 5.41) is 3.52. The fraction of sp³-hybridized carbons (Fsp3) is 0.188. The number of halogens is 1. The molecule has 1 N–H and O–H groups in total. The van der Waals surface area contributed by atoms with E-state index >= 15 is 0 Å². The summed E-state index contributed by atoms with van der Waals surface area (Å²) < 4.78 is 5.23. The number of nitrogens with one attached hydrogen (secondary N) is 1. The molecule has 2 rings (SSSR count). The van der Waals surface area contributed by atoms with E-state index in [4.69, 9.17) is 16.3 Å². The highest BCUT2D eigenvalue weighted by Gasteiger charge is 2.08. The van der Waals surface area contributed by atoms with Gasteiger partial charge < -0.3 is 10.1 Å². The Kier molecular flexibility index (Phi) is 5.02. The van der Waals surface area contributed by atoms with Crippen molar-refractivity contribution in [2.24, 2.45) is 0 Å². The van der Waals surface area contributed by atoms with Crippen molar-refractivity contribution < 1.29 is 9.53 Å². The lowest BCUT2D eigenvalue weighted by Crippen LogP contribution is -2.24. The molecule has 0 atom stereocenters. The molecule has 20 heavy (non-hydrogen) atoms. The maximum absolute atomic E-state index is 12.0. The van der Waals surface area contributed by atoms with Crippen LogP contribution in [0.3, 0.4) is 0 Å². The summed E-state index contributed by atoms with van der Waals surface area (Å²) in [6, 6.07) is 15.0. The molecule has 4 heteroatoms. The van der Waals surface area contributed by atoms with Gasteiger partial charge in [0.15, 0.2) is 0 Å². The Labute approximate surface area is 123 Å². The third-order valence-corrected chi connectivity index (χ3v) is 3.35. The number of carbonyl (C=O) groups excluding carboxylic acids is 1. The minimum atomic E-state index is -0.0607. The average molecular weight is 290 g/mol. The van der Waals surface area contributed by atoms with Gasteiger partial charge in [0.2, 0.25) is 5.91 Å². The van der Waals surface area contributed by atoms with Crippen LogP contribution in [0.2, 0.25) is 5.02 Å². The molecule has 0 aliphatic heterocycles. The fourth-order valence-corrected chi connectivity index (χ4v) is 2.12. The van der Waals surface area contributed by atoms with Crippen molar-refractivity contribution in [2.75, 3.05) is 7.11 Å². The highest BCUT2D eigenvalue weighted by molar-refractivity contribution is 6.31. The predicted octanol–water partition coefficient (Wildman–Crippen LogP) is 3.21. The van der Waals surface area contributed by atoms with E-state index in [1.165, 1.54) is 0 Å². The molecular formula is C16H16ClNO2. The average Bonchev–Trinajstić information content (AvgIpc) is 2.47. The third kappa shape index (κ3) is 3.75. The summed E-state index contributed by atoms with van der Waals surface area (Å²) in [4.78, 5) is 12.0. The molecule has 0 aromatic heterocycles. The minimum Gasteiger partial charge on any atom is -0.496 e. The summed E-state index contributed by atoms with van der Waals surface area (Å²) in [6.45, 7) is 0.424. The van der Waals surface area contributed by atoms with E-state index in [0.717, 1.165) is 16.9 Å². The van der Waals surface area contributed by atoms with Crippen LogP contribution in [0.25, 0.3) is 0 Å². The van der Waals surface area contributed by atoms with E-state index in [9.17, 15) is 4.79 Å². The van der Waals surface area contributed by atoms with Crippen molar-refractivity contribution in [3.8, 4) is 5.75 Å². The van der Waals surface area contributed by atoms with Crippen molar-refractivity contribution in [2.45, 2.75) is 13.0 Å². The molecule has 0 aliphatic carbocycles. The SMILES string of the molecule is COc1ccccc1CC(=O)NCc1ccccc1Cl. The van der Waals surface area contributed by atoms with Crippen LogP contribution in [-0.4, -0.2) is 13.0 Å². The van der Waals surface area contributed by atoms with Gasteiger partial charge in [0, 0.05) is 17.1 Å². The van der Waals surface area contributed by atoms with Crippen LogP contribution >= 0.6 is 11.6 Å². The molecule has 0 spiro atoms. The maximum Gasteiger partial charge on any atom is 0.224 e. The maximum atomic E-state index is 12.0. The third-order valence-electron chi connectivity index (χ3n) is 2.98. The standard InChI is InChI=1S/C16H16ClNO2/c1-20-15-9-5-3-6-12(15)10-16(19)18-11-13-7-2-4-8-14(13)17/h2-9H,10-11H2,1H3,(H,18,19). The largest absolute Gasteiger partial charge is 0.496 e. The van der Waals surface area contributed by atoms with Crippen LogP contribution in [0.5, 0.6) is 5.75 Å². The molecule has 1 amide bonds. The van der Waals surface area contributed by atoms with Gasteiger partial charge in [0.05, 0.1) is 13.5 Å². The van der Waals surface area contributed by atoms with Crippen LogP contribution in [0, 0.1) is 0 Å². The lowest BCUT2D eigenvalue weighted by Gasteiger charge is -2.09. The summed E-state index contributed by atoms with van der Waals surface area (Å²) >= 11 is 6.04. The van der Waals surface area contributed by atoms with Crippen molar-refractivity contribution in [1.29, 1.82) is 0 Å². The zero-order chi connectivity index (χ0) is 14.4. The molecule has 3 nitrogen and oxygen atoms in total. The van der Waals surface area contributed by atoms with Crippen molar-refractivity contribution in [3.05, 3.63) is 64.7 Å². The quantitative estimate of drug-likeness (QED) is 0.918. The van der Waals surface area contributed by atoms with E-state index in [2.05, 4.69) is 5.32 Å². The summed E-state index contributed by atoms with van der Waals surface area (Å²) in [6.07, 6.45) is 0.286. The Morgan fingerprint density at radius 2 is 1.75 bits per heavy atom. The van der Waals surface area contributed by atoms with Crippen LogP contribution in [0.4, 0.5) is 0 Å². The molecule has 0 bridgehead atoms. The highest BCUT2D eigenvalue weighted by Crippen LogP contribution is 2.18. The monoisotopic (exact) mass is 289 g/mol. The first-order chi connectivity index (χ1) is 9.70. The van der Waals surface area contributed by atoms with Crippen LogP contribution < -0.4 is 10.1 Å². The second-order valence-electron chi connectivity index (χ2n) is 4.36. The van der Waals surface area contributed by atoms with E-state index in [0.29, 0.717) is 11.6 Å². The van der Waals surface area contributed by atoms with E-state index in [1.54, 1.807) is 7.11 Å². The second-order valence-corrected chi connectivity index (χ2v) is 4.76. The summed E-state index contributed by atoms with van der Waals surface area (Å²) in [5.74, 6) is 0.662. The lowest BCUT2D eigenvalue weighted by molar-refractivity contribution is -0.120. The molecule has 0 heterocycles. The van der Waals surface area contributed by atoms with Gasteiger partial charge in [-0.05, 0) is 17.7 Å². The van der Waals surface area contributed by atoms with Gasteiger partial charge in [0.25, 0.3) is 0 Å². The van der Waals surface area contributed by atoms with Gasteiger partial charge >= 0.3 is 0 Å². The van der Waals surface area contributed by atoms with Gasteiger partial charge in [-0.3, -0.25) is 4.79 Å². The zero-order valence-electron chi connectivity index (χ0n) is 11.2. The summed E-state index contributed by atoms with van der Waals surface area (Å²) in [7, 11) is 1.60. The van der Waals surface area contributed by atoms with Gasteiger partial charge in [-0.2, -0.15) is 0 Å². The minimum absolute atomic E-state index is 0.0607. The molecule has 0 unspecified atom stereocenters. The topological polar surface area (TPSA) is 38.3 Å². The van der Waals surface area contributed by atoms with Crippen LogP contribution in [-0.2, 0) is 17.8 Å². The van der Waals surface area contributed by atoms with Gasteiger partial charge in [-0.1, -0.05) is 48.0 Å². The normalized spacial score (nSPS) is 10.1. The fourth-order valence-electron chi connectivity index (χ4n) is 1.92. The number of benzene rings is 2. The first-order valence-corrected chi connectivity index (χ1v) is 6.70. The number of para-hydroxylation sites is 1. The highest BCUT2D eigenvalue weighted by atomic mass is 35.5. The molecule has 2 aromatic carbocycles. The lowest BCUT2D eigenvalue weighted by atomic mass is 10.1. The molecule has 0 radical (unpaired) electrons. The van der Waals surface area contributed by atoms with Gasteiger partial charge in [-0.15, -0.1) is 0 Å². The first kappa shape index (κ1) is 14.4. The van der Waals surface area contributed by atoms with Crippen molar-refractivity contribution in [1.82, 2.24) is 5.32 Å². The number of hydrogen-bond acceptors (Lipinski definition) is 2. The number of carbonyl (C=O) groups is 1. The van der Waals surface area contributed by atoms with E-state index < -0.39 is 0 Å². The zero-order valence-corrected chi connectivity index (χ0v) is 12.0. The van der Waals surface area contributed by atoms with Gasteiger partial charge in [0.1, 0.15) is 5.75 Å². The predicted molar refractivity (Wildman–Crippen MR) is 80.0 cm³/mol. The number of methoxy groups -OCH3 is 1. The molecule has 0 saturated carbocycles. The Morgan fingerprint density at radius 1 is 1.10 bits per heavy atom. The smallest absolute Gasteiger partial charge is 0.224 e. The molecule has 0 aliphatic rings. The van der Waals surface area contributed by atoms with E-state index in [1.807, 2.05) is 48.5 Å². The van der Waals surface area contributed by atoms with Crippen LogP contribution in [0.15, 0.2) is 48.5 Å². The Morgan fingerprint density at radius 3 is 2.45 bits per heavy atom. The molecule has 2 aromatic rings. The number of rotatable bonds is 5. The van der Waals surface area contributed by atoms with Crippen molar-refractivity contribution >= 4 is 17.5 Å². The molecule has 0 fully saturated rings. The Hall–Kier alpha value is -2.00. The van der Waals surface area contributed by atoms with E-state index in [-0.39, 0.29) is 12.3 Å². The van der Waals surface area contributed by atoms with Crippen molar-refractivity contribution in [3.63, 3.8) is 0 Å². The molecular weight excluding hydrogens is 274 g/mol. The summed E-state index contributed by atoms with van der Waals surface area (Å²) in [5.41, 5.74) is 1.77. The molecule has 0 saturated heterocycles. The first-order valence-electron chi connectivity index (χ1n) is 6.32. The second kappa shape index (κ2) is 6.96. The van der Waals surface area contributed by atoms with Gasteiger partial charge in [-0.25, -0.2) is 0 Å². The van der Waals surface area contributed by atoms with Crippen LogP contribution in [0.1, 0.15) is 11.1 Å². The number of ether oxygens (including phenoxy) is 1. The number of amides is 1. The molecule has 104 valence electrons. The number of hydrogen-bond donors (Lipinski definition) is 1. The Balaban J connectivity index is 1.95.